The fourth-order valence-electron chi connectivity index (χ4n) is 1.72. The summed E-state index contributed by atoms with van der Waals surface area (Å²) in [4.78, 5) is 0. The normalized spacial score (nSPS) is 11.1. The minimum atomic E-state index is 0.553. The quantitative estimate of drug-likeness (QED) is 0.596. The van der Waals surface area contributed by atoms with Crippen LogP contribution in [0.25, 0.3) is 0 Å². The lowest BCUT2D eigenvalue weighted by molar-refractivity contribution is 0.309. The van der Waals surface area contributed by atoms with E-state index in [2.05, 4.69) is 22.3 Å². The maximum absolute atomic E-state index is 5.60. The van der Waals surface area contributed by atoms with E-state index in [1.807, 2.05) is 30.5 Å². The van der Waals surface area contributed by atoms with Crippen molar-refractivity contribution in [3.05, 3.63) is 36.7 Å². The van der Waals surface area contributed by atoms with Crippen LogP contribution in [-0.4, -0.2) is 22.9 Å². The number of benzene rings is 1. The Labute approximate surface area is 124 Å². The first-order chi connectivity index (χ1) is 10.3. The molecule has 0 saturated carbocycles. The highest BCUT2D eigenvalue weighted by Crippen LogP contribution is 2.21. The molecule has 2 rings (SSSR count). The van der Waals surface area contributed by atoms with Crippen molar-refractivity contribution in [1.82, 2.24) is 9.78 Å². The van der Waals surface area contributed by atoms with E-state index >= 15 is 0 Å². The number of unbranched alkanes of at least 4 members (excludes halogenated alkanes) is 1. The molecule has 0 atom stereocenters. The Hall–Kier alpha value is -2.21. The zero-order valence-corrected chi connectivity index (χ0v) is 12.3. The first kappa shape index (κ1) is 15.2. The number of ether oxygens (including phenoxy) is 1. The molecule has 6 heteroatoms. The van der Waals surface area contributed by atoms with Crippen molar-refractivity contribution < 1.29 is 4.74 Å². The third kappa shape index (κ3) is 5.00. The van der Waals surface area contributed by atoms with E-state index in [1.165, 1.54) is 0 Å². The Bertz CT molecular complexity index is 562. The molecule has 2 aromatic rings. The molecule has 0 aliphatic rings. The molecule has 2 N–H and O–H groups in total. The molecule has 0 spiro atoms. The number of azo groups is 1. The number of hydrogen-bond donors (Lipinski definition) is 1. The van der Waals surface area contributed by atoms with E-state index in [0.29, 0.717) is 18.8 Å². The van der Waals surface area contributed by atoms with Crippen molar-refractivity contribution in [3.63, 3.8) is 0 Å². The number of aromatic nitrogens is 2. The van der Waals surface area contributed by atoms with Gasteiger partial charge in [-0.3, -0.25) is 4.68 Å². The highest BCUT2D eigenvalue weighted by Gasteiger charge is 1.97. The zero-order chi connectivity index (χ0) is 14.9. The van der Waals surface area contributed by atoms with Gasteiger partial charge in [-0.05, 0) is 30.7 Å². The maximum atomic E-state index is 5.60. The van der Waals surface area contributed by atoms with Gasteiger partial charge >= 0.3 is 0 Å². The van der Waals surface area contributed by atoms with Gasteiger partial charge < -0.3 is 10.5 Å². The fraction of sp³-hybridized carbons (Fsp3) is 0.400. The van der Waals surface area contributed by atoms with Crippen molar-refractivity contribution in [2.24, 2.45) is 16.0 Å². The van der Waals surface area contributed by atoms with Gasteiger partial charge in [0.05, 0.1) is 31.2 Å². The number of nitrogens with zero attached hydrogens (tertiary/aromatic N) is 4. The predicted molar refractivity (Wildman–Crippen MR) is 82.3 cm³/mol. The van der Waals surface area contributed by atoms with E-state index in [-0.39, 0.29) is 0 Å². The standard InChI is InChI=1S/C15H21N5O/c1-2-3-10-21-15-6-4-13(5-7-15)18-19-14-11-17-20(12-14)9-8-16/h4-7,11-12H,2-3,8-10,16H2,1H3. The summed E-state index contributed by atoms with van der Waals surface area (Å²) in [6.45, 7) is 4.12. The van der Waals surface area contributed by atoms with Crippen LogP contribution in [0.4, 0.5) is 11.4 Å². The van der Waals surface area contributed by atoms with Gasteiger partial charge in [0.1, 0.15) is 11.4 Å². The highest BCUT2D eigenvalue weighted by molar-refractivity contribution is 5.41. The fourth-order valence-corrected chi connectivity index (χ4v) is 1.72. The van der Waals surface area contributed by atoms with Crippen molar-refractivity contribution in [3.8, 4) is 5.75 Å². The Morgan fingerprint density at radius 1 is 1.19 bits per heavy atom. The largest absolute Gasteiger partial charge is 0.494 e. The first-order valence-electron chi connectivity index (χ1n) is 7.19. The van der Waals surface area contributed by atoms with E-state index in [9.17, 15) is 0 Å². The molecule has 0 saturated heterocycles. The minimum Gasteiger partial charge on any atom is -0.494 e. The van der Waals surface area contributed by atoms with Gasteiger partial charge in [-0.15, -0.1) is 5.11 Å². The average Bonchev–Trinajstić information content (AvgIpc) is 2.95. The van der Waals surface area contributed by atoms with Gasteiger partial charge in [-0.1, -0.05) is 13.3 Å². The van der Waals surface area contributed by atoms with Crippen molar-refractivity contribution in [1.29, 1.82) is 0 Å². The highest BCUT2D eigenvalue weighted by atomic mass is 16.5. The van der Waals surface area contributed by atoms with Crippen LogP contribution in [0.15, 0.2) is 46.9 Å². The second-order valence-corrected chi connectivity index (χ2v) is 4.65. The molecule has 0 fully saturated rings. The molecule has 0 amide bonds. The van der Waals surface area contributed by atoms with Crippen LogP contribution in [0.5, 0.6) is 5.75 Å². The third-order valence-corrected chi connectivity index (χ3v) is 2.86. The molecule has 6 nitrogen and oxygen atoms in total. The molecule has 1 aromatic heterocycles. The topological polar surface area (TPSA) is 77.8 Å². The van der Waals surface area contributed by atoms with Gasteiger partial charge in [0.15, 0.2) is 0 Å². The van der Waals surface area contributed by atoms with Crippen molar-refractivity contribution in [2.45, 2.75) is 26.3 Å². The minimum absolute atomic E-state index is 0.553. The van der Waals surface area contributed by atoms with Crippen LogP contribution in [0.3, 0.4) is 0 Å². The van der Waals surface area contributed by atoms with Crippen LogP contribution in [0.2, 0.25) is 0 Å². The summed E-state index contributed by atoms with van der Waals surface area (Å²) in [5, 5.41) is 12.5. The molecule has 0 aliphatic carbocycles. The lowest BCUT2D eigenvalue weighted by atomic mass is 10.3. The van der Waals surface area contributed by atoms with E-state index in [0.717, 1.165) is 30.9 Å². The zero-order valence-electron chi connectivity index (χ0n) is 12.3. The van der Waals surface area contributed by atoms with Crippen LogP contribution in [-0.2, 0) is 6.54 Å². The predicted octanol–water partition coefficient (Wildman–Crippen LogP) is 3.44. The van der Waals surface area contributed by atoms with Gasteiger partial charge in [0, 0.05) is 6.54 Å². The smallest absolute Gasteiger partial charge is 0.124 e. The van der Waals surface area contributed by atoms with Gasteiger partial charge in [-0.25, -0.2) is 0 Å². The summed E-state index contributed by atoms with van der Waals surface area (Å²) in [7, 11) is 0. The number of nitrogens with two attached hydrogens (primary N) is 1. The second kappa shape index (κ2) is 8.16. The summed E-state index contributed by atoms with van der Waals surface area (Å²) in [5.41, 5.74) is 6.96. The van der Waals surface area contributed by atoms with E-state index in [4.69, 9.17) is 10.5 Å². The van der Waals surface area contributed by atoms with Crippen LogP contribution >= 0.6 is 0 Å². The van der Waals surface area contributed by atoms with Crippen LogP contribution in [0.1, 0.15) is 19.8 Å². The van der Waals surface area contributed by atoms with Crippen molar-refractivity contribution in [2.75, 3.05) is 13.2 Å². The van der Waals surface area contributed by atoms with Crippen LogP contribution < -0.4 is 10.5 Å². The molecule has 1 aromatic carbocycles. The number of hydrogen-bond acceptors (Lipinski definition) is 5. The Kier molecular flexibility index (Phi) is 5.90. The summed E-state index contributed by atoms with van der Waals surface area (Å²) < 4.78 is 7.35. The van der Waals surface area contributed by atoms with E-state index < -0.39 is 0 Å². The molecule has 1 heterocycles. The average molecular weight is 287 g/mol. The van der Waals surface area contributed by atoms with Gasteiger partial charge in [-0.2, -0.15) is 10.2 Å². The summed E-state index contributed by atoms with van der Waals surface area (Å²) in [6.07, 6.45) is 5.68. The molecular weight excluding hydrogens is 266 g/mol. The Balaban J connectivity index is 1.90. The van der Waals surface area contributed by atoms with Crippen LogP contribution in [0, 0.1) is 0 Å². The molecule has 21 heavy (non-hydrogen) atoms. The SMILES string of the molecule is CCCCOc1ccc(N=Nc2cnn(CCN)c2)cc1. The Morgan fingerprint density at radius 3 is 2.67 bits per heavy atom. The summed E-state index contributed by atoms with van der Waals surface area (Å²) in [6, 6.07) is 7.58. The summed E-state index contributed by atoms with van der Waals surface area (Å²) >= 11 is 0. The van der Waals surface area contributed by atoms with Gasteiger partial charge in [0.25, 0.3) is 0 Å². The monoisotopic (exact) mass is 287 g/mol. The second-order valence-electron chi connectivity index (χ2n) is 4.65. The van der Waals surface area contributed by atoms with Crippen molar-refractivity contribution >= 4 is 11.4 Å². The summed E-state index contributed by atoms with van der Waals surface area (Å²) in [5.74, 6) is 0.859. The third-order valence-electron chi connectivity index (χ3n) is 2.86. The lowest BCUT2D eigenvalue weighted by Gasteiger charge is -2.04. The molecular formula is C15H21N5O. The molecule has 112 valence electrons. The molecule has 0 unspecified atom stereocenters. The van der Waals surface area contributed by atoms with Gasteiger partial charge in [0.2, 0.25) is 0 Å². The maximum Gasteiger partial charge on any atom is 0.124 e. The Morgan fingerprint density at radius 2 is 1.95 bits per heavy atom. The first-order valence-corrected chi connectivity index (χ1v) is 7.19. The lowest BCUT2D eigenvalue weighted by Crippen LogP contribution is -2.09. The molecule has 0 radical (unpaired) electrons. The molecule has 0 aliphatic heterocycles. The number of rotatable bonds is 8. The van der Waals surface area contributed by atoms with E-state index in [1.54, 1.807) is 10.9 Å². The molecule has 0 bridgehead atoms.